The Bertz CT molecular complexity index is 383. The Morgan fingerprint density at radius 1 is 1.27 bits per heavy atom. The summed E-state index contributed by atoms with van der Waals surface area (Å²) in [6, 6.07) is 6.07. The number of esters is 1. The van der Waals surface area contributed by atoms with Gasteiger partial charge in [0.2, 0.25) is 0 Å². The van der Waals surface area contributed by atoms with Crippen molar-refractivity contribution in [3.8, 4) is 0 Å². The third-order valence-electron chi connectivity index (χ3n) is 2.41. The number of benzene rings is 1. The highest BCUT2D eigenvalue weighted by Crippen LogP contribution is 2.17. The van der Waals surface area contributed by atoms with Crippen molar-refractivity contribution in [2.45, 2.75) is 20.8 Å². The molecule has 2 heteroatoms. The molecule has 1 aromatic carbocycles. The van der Waals surface area contributed by atoms with E-state index in [4.69, 9.17) is 0 Å². The summed E-state index contributed by atoms with van der Waals surface area (Å²) in [4.78, 5) is 11.2. The molecule has 0 heterocycles. The van der Waals surface area contributed by atoms with Crippen molar-refractivity contribution in [2.24, 2.45) is 0 Å². The van der Waals surface area contributed by atoms with Gasteiger partial charge in [-0.15, -0.1) is 0 Å². The van der Waals surface area contributed by atoms with Crippen LogP contribution in [0.1, 0.15) is 23.6 Å². The van der Waals surface area contributed by atoms with Crippen molar-refractivity contribution >= 4 is 12.0 Å². The molecule has 0 atom stereocenters. The number of carbonyl (C=O) groups is 1. The number of hydrogen-bond acceptors (Lipinski definition) is 2. The molecule has 0 spiro atoms. The molecule has 1 aromatic rings. The number of ether oxygens (including phenoxy) is 1. The summed E-state index contributed by atoms with van der Waals surface area (Å²) in [6.07, 6.45) is 1.87. The fourth-order valence-electron chi connectivity index (χ4n) is 1.49. The fourth-order valence-corrected chi connectivity index (χ4v) is 1.49. The summed E-state index contributed by atoms with van der Waals surface area (Å²) in [6.45, 7) is 5.82. The molecule has 0 aliphatic heterocycles. The second-order valence-corrected chi connectivity index (χ2v) is 3.62. The summed E-state index contributed by atoms with van der Waals surface area (Å²) in [5, 5.41) is 0. The second-order valence-electron chi connectivity index (χ2n) is 3.62. The molecule has 0 N–H and O–H groups in total. The maximum absolute atomic E-state index is 11.2. The molecule has 0 aliphatic rings. The number of aryl methyl sites for hydroxylation is 2. The van der Waals surface area contributed by atoms with E-state index in [1.165, 1.54) is 18.2 Å². The second kappa shape index (κ2) is 4.78. The first kappa shape index (κ1) is 11.5. The molecular formula is C13H16O2. The number of hydrogen-bond donors (Lipinski definition) is 0. The fraction of sp³-hybridized carbons (Fsp3) is 0.308. The third-order valence-corrected chi connectivity index (χ3v) is 2.41. The van der Waals surface area contributed by atoms with E-state index in [9.17, 15) is 4.79 Å². The lowest BCUT2D eigenvalue weighted by molar-refractivity contribution is -0.135. The van der Waals surface area contributed by atoms with E-state index in [-0.39, 0.29) is 5.97 Å². The van der Waals surface area contributed by atoms with Gasteiger partial charge in [0, 0.05) is 5.57 Å². The van der Waals surface area contributed by atoms with Crippen LogP contribution in [0.3, 0.4) is 0 Å². The van der Waals surface area contributed by atoms with Gasteiger partial charge in [0.25, 0.3) is 0 Å². The van der Waals surface area contributed by atoms with Crippen LogP contribution in [-0.4, -0.2) is 13.1 Å². The molecule has 0 aliphatic carbocycles. The van der Waals surface area contributed by atoms with Crippen LogP contribution in [0.2, 0.25) is 0 Å². The molecule has 80 valence electrons. The number of methoxy groups -OCH3 is 1. The summed E-state index contributed by atoms with van der Waals surface area (Å²) in [5.41, 5.74) is 4.05. The van der Waals surface area contributed by atoms with Crippen LogP contribution in [0.15, 0.2) is 23.8 Å². The minimum atomic E-state index is -0.280. The van der Waals surface area contributed by atoms with Crippen molar-refractivity contribution in [1.82, 2.24) is 0 Å². The highest BCUT2D eigenvalue weighted by Gasteiger charge is 2.05. The average molecular weight is 204 g/mol. The molecule has 0 saturated heterocycles. The monoisotopic (exact) mass is 204 g/mol. The van der Waals surface area contributed by atoms with Gasteiger partial charge < -0.3 is 4.74 Å². The van der Waals surface area contributed by atoms with E-state index in [0.29, 0.717) is 5.57 Å². The van der Waals surface area contributed by atoms with Gasteiger partial charge in [-0.05, 0) is 43.5 Å². The Morgan fingerprint density at radius 2 is 1.80 bits per heavy atom. The average Bonchev–Trinajstić information content (AvgIpc) is 2.22. The SMILES string of the molecule is COC(=O)C(C)=Cc1c(C)cccc1C. The van der Waals surface area contributed by atoms with Gasteiger partial charge in [-0.3, -0.25) is 0 Å². The van der Waals surface area contributed by atoms with Gasteiger partial charge >= 0.3 is 5.97 Å². The largest absolute Gasteiger partial charge is 0.466 e. The lowest BCUT2D eigenvalue weighted by atomic mass is 10.0. The first-order valence-electron chi connectivity index (χ1n) is 4.89. The highest BCUT2D eigenvalue weighted by atomic mass is 16.5. The molecular weight excluding hydrogens is 188 g/mol. The van der Waals surface area contributed by atoms with Crippen molar-refractivity contribution in [2.75, 3.05) is 7.11 Å². The standard InChI is InChI=1S/C13H16O2/c1-9-6-5-7-10(2)12(9)8-11(3)13(14)15-4/h5-8H,1-4H3. The summed E-state index contributed by atoms with van der Waals surface area (Å²) >= 11 is 0. The predicted octanol–water partition coefficient (Wildman–Crippen LogP) is 2.88. The molecule has 2 nitrogen and oxygen atoms in total. The topological polar surface area (TPSA) is 26.3 Å². The number of rotatable bonds is 2. The zero-order valence-corrected chi connectivity index (χ0v) is 9.63. The van der Waals surface area contributed by atoms with Crippen LogP contribution in [0.25, 0.3) is 6.08 Å². The molecule has 0 aromatic heterocycles. The molecule has 15 heavy (non-hydrogen) atoms. The molecule has 0 fully saturated rings. The van der Waals surface area contributed by atoms with Crippen LogP contribution in [-0.2, 0) is 9.53 Å². The molecule has 0 amide bonds. The Morgan fingerprint density at radius 3 is 2.27 bits per heavy atom. The van der Waals surface area contributed by atoms with Crippen LogP contribution in [0, 0.1) is 13.8 Å². The van der Waals surface area contributed by atoms with E-state index >= 15 is 0 Å². The lowest BCUT2D eigenvalue weighted by Gasteiger charge is -2.06. The molecule has 0 unspecified atom stereocenters. The van der Waals surface area contributed by atoms with E-state index in [0.717, 1.165) is 5.56 Å². The van der Waals surface area contributed by atoms with Crippen molar-refractivity contribution in [3.63, 3.8) is 0 Å². The van der Waals surface area contributed by atoms with E-state index in [1.807, 2.05) is 38.1 Å². The smallest absolute Gasteiger partial charge is 0.333 e. The predicted molar refractivity (Wildman–Crippen MR) is 61.6 cm³/mol. The molecule has 0 saturated carbocycles. The van der Waals surface area contributed by atoms with Crippen molar-refractivity contribution in [1.29, 1.82) is 0 Å². The number of carbonyl (C=O) groups excluding carboxylic acids is 1. The highest BCUT2D eigenvalue weighted by molar-refractivity contribution is 5.93. The summed E-state index contributed by atoms with van der Waals surface area (Å²) in [7, 11) is 1.39. The first-order valence-corrected chi connectivity index (χ1v) is 4.89. The van der Waals surface area contributed by atoms with Gasteiger partial charge in [-0.25, -0.2) is 4.79 Å². The molecule has 0 radical (unpaired) electrons. The zero-order chi connectivity index (χ0) is 11.4. The maximum Gasteiger partial charge on any atom is 0.333 e. The Labute approximate surface area is 90.6 Å². The first-order chi connectivity index (χ1) is 7.06. The molecule has 0 bridgehead atoms. The van der Waals surface area contributed by atoms with Gasteiger partial charge in [0.15, 0.2) is 0 Å². The summed E-state index contributed by atoms with van der Waals surface area (Å²) in [5.74, 6) is -0.280. The van der Waals surface area contributed by atoms with Crippen molar-refractivity contribution < 1.29 is 9.53 Å². The Hall–Kier alpha value is -1.57. The third kappa shape index (κ3) is 2.69. The lowest BCUT2D eigenvalue weighted by Crippen LogP contribution is -2.01. The van der Waals surface area contributed by atoms with Gasteiger partial charge in [0.1, 0.15) is 0 Å². The van der Waals surface area contributed by atoms with Crippen LogP contribution in [0.5, 0.6) is 0 Å². The normalized spacial score (nSPS) is 11.3. The minimum absolute atomic E-state index is 0.280. The summed E-state index contributed by atoms with van der Waals surface area (Å²) < 4.78 is 4.66. The van der Waals surface area contributed by atoms with E-state index in [1.54, 1.807) is 6.92 Å². The van der Waals surface area contributed by atoms with Crippen LogP contribution in [0.4, 0.5) is 0 Å². The Kier molecular flexibility index (Phi) is 3.67. The minimum Gasteiger partial charge on any atom is -0.466 e. The van der Waals surface area contributed by atoms with E-state index < -0.39 is 0 Å². The van der Waals surface area contributed by atoms with Crippen LogP contribution < -0.4 is 0 Å². The van der Waals surface area contributed by atoms with Crippen molar-refractivity contribution in [3.05, 3.63) is 40.5 Å². The molecule has 1 rings (SSSR count). The van der Waals surface area contributed by atoms with Gasteiger partial charge in [-0.2, -0.15) is 0 Å². The van der Waals surface area contributed by atoms with Crippen LogP contribution >= 0.6 is 0 Å². The maximum atomic E-state index is 11.2. The van der Waals surface area contributed by atoms with E-state index in [2.05, 4.69) is 4.74 Å². The Balaban J connectivity index is 3.13. The van der Waals surface area contributed by atoms with Gasteiger partial charge in [0.05, 0.1) is 7.11 Å². The zero-order valence-electron chi connectivity index (χ0n) is 9.63. The van der Waals surface area contributed by atoms with Gasteiger partial charge in [-0.1, -0.05) is 18.2 Å². The quantitative estimate of drug-likeness (QED) is 0.547.